The Kier molecular flexibility index (Phi) is 13.6. The van der Waals surface area contributed by atoms with E-state index in [4.69, 9.17) is 37.6 Å². The quantitative estimate of drug-likeness (QED) is 0.166. The fraction of sp³-hybridized carbons (Fsp3) is 0.647. The Morgan fingerprint density at radius 3 is 2.24 bits per heavy atom. The first-order chi connectivity index (χ1) is 21.5. The maximum Gasteiger partial charge on any atom is 0.192 e. The molecule has 252 valence electrons. The largest absolute Gasteiger partial charge is 0.497 e. The molecule has 2 aliphatic rings. The van der Waals surface area contributed by atoms with Crippen LogP contribution in [0.1, 0.15) is 45.6 Å². The maximum atomic E-state index is 14.5. The van der Waals surface area contributed by atoms with Crippen LogP contribution in [0.2, 0.25) is 18.1 Å². The van der Waals surface area contributed by atoms with Crippen LogP contribution in [0.5, 0.6) is 5.75 Å². The average molecular weight is 665 g/mol. The monoisotopic (exact) mass is 664 g/mol. The highest BCUT2D eigenvalue weighted by atomic mass is 32.2. The van der Waals surface area contributed by atoms with Crippen LogP contribution < -0.4 is 4.74 Å². The predicted molar refractivity (Wildman–Crippen MR) is 176 cm³/mol. The number of ether oxygens (including phenoxy) is 7. The summed E-state index contributed by atoms with van der Waals surface area (Å²) in [6, 6.07) is 17.2. The summed E-state index contributed by atoms with van der Waals surface area (Å²) in [5, 5.41) is -0.785. The zero-order valence-corrected chi connectivity index (χ0v) is 29.7. The van der Waals surface area contributed by atoms with Gasteiger partial charge in [0.2, 0.25) is 0 Å². The highest BCUT2D eigenvalue weighted by Gasteiger charge is 2.54. The topological polar surface area (TPSA) is 90.9 Å². The fourth-order valence-electron chi connectivity index (χ4n) is 5.20. The molecule has 2 unspecified atom stereocenters. The Morgan fingerprint density at radius 2 is 1.62 bits per heavy atom. The molecule has 2 heterocycles. The van der Waals surface area contributed by atoms with E-state index in [0.29, 0.717) is 24.7 Å². The van der Waals surface area contributed by atoms with Crippen LogP contribution in [0.15, 0.2) is 59.5 Å². The van der Waals surface area contributed by atoms with Gasteiger partial charge in [-0.05, 0) is 67.2 Å². The first-order valence-electron chi connectivity index (χ1n) is 15.9. The Bertz CT molecular complexity index is 1170. The van der Waals surface area contributed by atoms with Crippen LogP contribution in [0.3, 0.4) is 0 Å². The van der Waals surface area contributed by atoms with E-state index in [1.54, 1.807) is 14.2 Å². The highest BCUT2D eigenvalue weighted by Crippen LogP contribution is 2.41. The number of rotatable bonds is 15. The summed E-state index contributed by atoms with van der Waals surface area (Å²) in [6.07, 6.45) is 0.215. The van der Waals surface area contributed by atoms with Gasteiger partial charge >= 0.3 is 0 Å². The van der Waals surface area contributed by atoms with E-state index in [0.717, 1.165) is 30.6 Å². The van der Waals surface area contributed by atoms with Gasteiger partial charge in [0, 0.05) is 18.6 Å². The molecule has 0 aromatic heterocycles. The summed E-state index contributed by atoms with van der Waals surface area (Å²) < 4.78 is 64.0. The molecule has 0 amide bonds. The summed E-state index contributed by atoms with van der Waals surface area (Å²) in [5.74, 6) is 0.772. The Morgan fingerprint density at radius 1 is 0.911 bits per heavy atom. The molecular weight excluding hydrogens is 613 g/mol. The molecule has 4 rings (SSSR count). The second-order valence-corrected chi connectivity index (χ2v) is 19.4. The van der Waals surface area contributed by atoms with Crippen molar-refractivity contribution in [1.82, 2.24) is 0 Å². The van der Waals surface area contributed by atoms with E-state index in [2.05, 4.69) is 33.9 Å². The minimum atomic E-state index is -2.41. The first-order valence-corrected chi connectivity index (χ1v) is 20.0. The summed E-state index contributed by atoms with van der Waals surface area (Å²) in [5.41, 5.74) is 0.972. The third-order valence-corrected chi connectivity index (χ3v) is 15.0. The smallest absolute Gasteiger partial charge is 0.192 e. The van der Waals surface area contributed by atoms with Gasteiger partial charge in [-0.15, -0.1) is 0 Å². The lowest BCUT2D eigenvalue weighted by atomic mass is 10.0. The summed E-state index contributed by atoms with van der Waals surface area (Å²) in [4.78, 5) is 0.675. The third kappa shape index (κ3) is 9.91. The van der Waals surface area contributed by atoms with Crippen molar-refractivity contribution < 1.29 is 41.8 Å². The number of hydrogen-bond donors (Lipinski definition) is 0. The predicted octanol–water partition coefficient (Wildman–Crippen LogP) is 6.08. The van der Waals surface area contributed by atoms with Crippen molar-refractivity contribution in [2.24, 2.45) is 0 Å². The number of methoxy groups -OCH3 is 2. The molecule has 0 saturated carbocycles. The van der Waals surface area contributed by atoms with Gasteiger partial charge in [-0.25, -0.2) is 0 Å². The molecule has 0 aliphatic carbocycles. The van der Waals surface area contributed by atoms with E-state index in [9.17, 15) is 4.21 Å². The normalized spacial score (nSPS) is 26.8. The number of hydrogen-bond acceptors (Lipinski definition) is 9. The Hall–Kier alpha value is -1.67. The van der Waals surface area contributed by atoms with Gasteiger partial charge in [-0.1, -0.05) is 51.1 Å². The Labute approximate surface area is 272 Å². The van der Waals surface area contributed by atoms with Crippen molar-refractivity contribution in [3.05, 3.63) is 60.2 Å². The van der Waals surface area contributed by atoms with Gasteiger partial charge in [0.25, 0.3) is 0 Å². The van der Waals surface area contributed by atoms with Gasteiger partial charge < -0.3 is 37.6 Å². The molecule has 0 N–H and O–H groups in total. The van der Waals surface area contributed by atoms with Crippen LogP contribution in [0, 0.1) is 0 Å². The van der Waals surface area contributed by atoms with Crippen LogP contribution in [-0.2, 0) is 50.3 Å². The molecule has 2 fully saturated rings. The molecule has 11 heteroatoms. The molecule has 7 atom stereocenters. The lowest BCUT2D eigenvalue weighted by Crippen LogP contribution is -2.65. The van der Waals surface area contributed by atoms with E-state index in [1.165, 1.54) is 0 Å². The van der Waals surface area contributed by atoms with Crippen molar-refractivity contribution in [2.75, 3.05) is 40.6 Å². The number of benzene rings is 2. The molecule has 2 aliphatic heterocycles. The SMILES string of the molecule is COC[C@H]1O[C@@H](OCCOC2CCCCO2)[C@H](S(=O)c2ccccc2)[C@@H](O[Si](C)(C)C(C)(C)C)[C@@H]1OCc1ccc(OC)cc1. The van der Waals surface area contributed by atoms with Crippen LogP contribution in [0.25, 0.3) is 0 Å². The van der Waals surface area contributed by atoms with Gasteiger partial charge in [-0.2, -0.15) is 0 Å². The molecule has 0 bridgehead atoms. The van der Waals surface area contributed by atoms with Gasteiger partial charge in [0.15, 0.2) is 20.9 Å². The van der Waals surface area contributed by atoms with Crippen molar-refractivity contribution in [3.8, 4) is 5.75 Å². The lowest BCUT2D eigenvalue weighted by molar-refractivity contribution is -0.268. The second kappa shape index (κ2) is 16.9. The molecule has 2 aromatic rings. The van der Waals surface area contributed by atoms with Crippen molar-refractivity contribution >= 4 is 19.1 Å². The molecule has 0 spiro atoms. The van der Waals surface area contributed by atoms with Crippen LogP contribution in [-0.4, -0.2) is 89.3 Å². The van der Waals surface area contributed by atoms with E-state index in [1.807, 2.05) is 54.6 Å². The first kappa shape index (κ1) is 36.2. The molecule has 2 aromatic carbocycles. The molecule has 9 nitrogen and oxygen atoms in total. The molecular formula is C34H52O9SSi. The van der Waals surface area contributed by atoms with Crippen molar-refractivity contribution in [2.45, 2.75) is 106 Å². The summed E-state index contributed by atoms with van der Waals surface area (Å²) in [7, 11) is -0.681. The van der Waals surface area contributed by atoms with Gasteiger partial charge in [0.05, 0.1) is 50.4 Å². The van der Waals surface area contributed by atoms with Gasteiger partial charge in [-0.3, -0.25) is 4.21 Å². The molecule has 45 heavy (non-hydrogen) atoms. The Balaban J connectivity index is 1.66. The lowest BCUT2D eigenvalue weighted by Gasteiger charge is -2.49. The van der Waals surface area contributed by atoms with Crippen molar-refractivity contribution in [3.63, 3.8) is 0 Å². The minimum absolute atomic E-state index is 0.106. The molecule has 0 radical (unpaired) electrons. The summed E-state index contributed by atoms with van der Waals surface area (Å²) in [6.45, 7) is 12.8. The summed E-state index contributed by atoms with van der Waals surface area (Å²) >= 11 is 0. The molecule has 2 saturated heterocycles. The fourth-order valence-corrected chi connectivity index (χ4v) is 8.15. The van der Waals surface area contributed by atoms with Crippen LogP contribution >= 0.6 is 0 Å². The zero-order valence-electron chi connectivity index (χ0n) is 27.9. The standard InChI is InChI=1S/C34H52O9SSi/c1-34(2,3)45(6,7)43-31-30(41-23-25-16-18-26(37-5)19-17-25)28(24-36-4)42-33(32(31)44(35)27-13-9-8-10-14-27)40-22-21-39-29-15-11-12-20-38-29/h8-10,13-14,16-19,28-33H,11-12,15,20-24H2,1-7H3/t28-,29?,30-,31+,32-,33-,44?/m1/s1. The third-order valence-electron chi connectivity index (χ3n) is 8.79. The minimum Gasteiger partial charge on any atom is -0.497 e. The van der Waals surface area contributed by atoms with E-state index < -0.39 is 49.0 Å². The van der Waals surface area contributed by atoms with E-state index in [-0.39, 0.29) is 24.5 Å². The van der Waals surface area contributed by atoms with E-state index >= 15 is 0 Å². The maximum absolute atomic E-state index is 14.5. The average Bonchev–Trinajstić information content (AvgIpc) is 3.03. The second-order valence-electron chi connectivity index (χ2n) is 13.1. The van der Waals surface area contributed by atoms with Gasteiger partial charge in [0.1, 0.15) is 23.2 Å². The zero-order chi connectivity index (χ0) is 32.5. The van der Waals surface area contributed by atoms with Crippen LogP contribution in [0.4, 0.5) is 0 Å². The highest BCUT2D eigenvalue weighted by molar-refractivity contribution is 7.85. The van der Waals surface area contributed by atoms with Crippen molar-refractivity contribution in [1.29, 1.82) is 0 Å².